The molecule has 0 spiro atoms. The summed E-state index contributed by atoms with van der Waals surface area (Å²) in [6.07, 6.45) is 4.26. The summed E-state index contributed by atoms with van der Waals surface area (Å²) in [6.45, 7) is 0. The minimum Gasteiger partial charge on any atom is -0.480 e. The molecule has 0 aliphatic carbocycles. The summed E-state index contributed by atoms with van der Waals surface area (Å²) in [5.74, 6) is -0.587. The number of carboxylic acid groups (broad SMARTS) is 1. The third-order valence-corrected chi connectivity index (χ3v) is 4.60. The normalized spacial score (nSPS) is 12.3. The summed E-state index contributed by atoms with van der Waals surface area (Å²) in [5, 5.41) is 12.9. The molecule has 0 bridgehead atoms. The number of carbonyl (C=O) groups excluding carboxylic acids is 1. The lowest BCUT2D eigenvalue weighted by Crippen LogP contribution is -2.42. The van der Waals surface area contributed by atoms with Crippen molar-refractivity contribution in [3.8, 4) is 0 Å². The number of halogens is 1. The number of aromatic nitrogens is 1. The van der Waals surface area contributed by atoms with Gasteiger partial charge in [-0.2, -0.15) is 11.8 Å². The zero-order valence-electron chi connectivity index (χ0n) is 12.1. The second kappa shape index (κ2) is 7.69. The van der Waals surface area contributed by atoms with Gasteiger partial charge in [0.1, 0.15) is 6.04 Å². The molecule has 0 saturated carbocycles. The van der Waals surface area contributed by atoms with Crippen LogP contribution in [0.4, 0.5) is 0 Å². The molecule has 0 aliphatic heterocycles. The van der Waals surface area contributed by atoms with Crippen molar-refractivity contribution in [3.63, 3.8) is 0 Å². The monoisotopic (exact) mass is 384 g/mol. The molecule has 1 atom stereocenters. The van der Waals surface area contributed by atoms with Crippen LogP contribution < -0.4 is 5.32 Å². The van der Waals surface area contributed by atoms with Gasteiger partial charge in [0.25, 0.3) is 0 Å². The third kappa shape index (κ3) is 4.04. The summed E-state index contributed by atoms with van der Waals surface area (Å²) in [4.78, 5) is 26.3. The number of carboxylic acids is 1. The van der Waals surface area contributed by atoms with Gasteiger partial charge in [-0.05, 0) is 24.0 Å². The van der Waals surface area contributed by atoms with E-state index in [1.807, 2.05) is 24.5 Å². The van der Waals surface area contributed by atoms with Gasteiger partial charge in [-0.15, -0.1) is 0 Å². The van der Waals surface area contributed by atoms with Gasteiger partial charge in [-0.1, -0.05) is 22.0 Å². The molecule has 1 heterocycles. The maximum absolute atomic E-state index is 11.8. The average Bonchev–Trinajstić information content (AvgIpc) is 2.89. The van der Waals surface area contributed by atoms with E-state index in [1.165, 1.54) is 0 Å². The Labute approximate surface area is 141 Å². The molecule has 0 radical (unpaired) electrons. The molecule has 2 rings (SSSR count). The summed E-state index contributed by atoms with van der Waals surface area (Å²) in [6, 6.07) is 4.81. The van der Waals surface area contributed by atoms with Crippen molar-refractivity contribution in [1.82, 2.24) is 10.3 Å². The Morgan fingerprint density at radius 1 is 1.45 bits per heavy atom. The number of H-pyrrole nitrogens is 1. The van der Waals surface area contributed by atoms with E-state index in [0.717, 1.165) is 20.9 Å². The molecule has 0 fully saturated rings. The van der Waals surface area contributed by atoms with Gasteiger partial charge in [0.15, 0.2) is 0 Å². The van der Waals surface area contributed by atoms with Crippen LogP contribution in [0.15, 0.2) is 28.9 Å². The predicted molar refractivity (Wildman–Crippen MR) is 92.3 cm³/mol. The van der Waals surface area contributed by atoms with Gasteiger partial charge >= 0.3 is 5.97 Å². The maximum atomic E-state index is 11.8. The fourth-order valence-corrected chi connectivity index (χ4v) is 3.26. The number of rotatable bonds is 7. The Kier molecular flexibility index (Phi) is 5.90. The second-order valence-electron chi connectivity index (χ2n) is 4.88. The Balaban J connectivity index is 2.16. The summed E-state index contributed by atoms with van der Waals surface area (Å²) in [7, 11) is 0. The first-order valence-corrected chi connectivity index (χ1v) is 8.97. The number of nitrogens with one attached hydrogen (secondary N) is 2. The lowest BCUT2D eigenvalue weighted by Gasteiger charge is -2.14. The van der Waals surface area contributed by atoms with Gasteiger partial charge < -0.3 is 15.4 Å². The molecule has 1 aromatic heterocycles. The van der Waals surface area contributed by atoms with Crippen LogP contribution in [0, 0.1) is 0 Å². The van der Waals surface area contributed by atoms with Crippen molar-refractivity contribution in [1.29, 1.82) is 0 Å². The van der Waals surface area contributed by atoms with Crippen LogP contribution in [-0.2, 0) is 16.0 Å². The molecule has 0 aliphatic rings. The fourth-order valence-electron chi connectivity index (χ4n) is 2.25. The molecule has 5 nitrogen and oxygen atoms in total. The largest absolute Gasteiger partial charge is 0.480 e. The number of amides is 1. The van der Waals surface area contributed by atoms with E-state index in [4.69, 9.17) is 0 Å². The molecule has 2 aromatic rings. The van der Waals surface area contributed by atoms with Gasteiger partial charge in [0.05, 0.1) is 0 Å². The highest BCUT2D eigenvalue weighted by Crippen LogP contribution is 2.27. The third-order valence-electron chi connectivity index (χ3n) is 3.33. The first-order chi connectivity index (χ1) is 10.5. The average molecular weight is 385 g/mol. The van der Waals surface area contributed by atoms with Crippen molar-refractivity contribution < 1.29 is 14.7 Å². The molecule has 0 saturated heterocycles. The highest BCUT2D eigenvalue weighted by Gasteiger charge is 2.22. The Hall–Kier alpha value is -1.47. The molecule has 1 amide bonds. The highest BCUT2D eigenvalue weighted by atomic mass is 79.9. The summed E-state index contributed by atoms with van der Waals surface area (Å²) < 4.78 is 0.902. The van der Waals surface area contributed by atoms with E-state index < -0.39 is 12.0 Å². The topological polar surface area (TPSA) is 82.2 Å². The van der Waals surface area contributed by atoms with Crippen LogP contribution in [0.25, 0.3) is 10.9 Å². The summed E-state index contributed by atoms with van der Waals surface area (Å²) >= 11 is 5.04. The first kappa shape index (κ1) is 16.9. The summed E-state index contributed by atoms with van der Waals surface area (Å²) in [5.41, 5.74) is 1.79. The standard InChI is InChI=1S/C15H17BrN2O3S/c1-22-6-5-13(19)18-12(15(20)21)7-9-8-17-11-4-2-3-10(16)14(9)11/h2-4,8,12,17H,5-7H2,1H3,(H,18,19)(H,20,21). The molecule has 22 heavy (non-hydrogen) atoms. The molecule has 118 valence electrons. The Bertz CT molecular complexity index is 686. The number of fused-ring (bicyclic) bond motifs is 1. The van der Waals surface area contributed by atoms with Crippen LogP contribution in [0.3, 0.4) is 0 Å². The predicted octanol–water partition coefficient (Wildman–Crippen LogP) is 2.80. The van der Waals surface area contributed by atoms with Gasteiger partial charge in [-0.25, -0.2) is 4.79 Å². The van der Waals surface area contributed by atoms with E-state index in [2.05, 4.69) is 26.2 Å². The molecule has 1 unspecified atom stereocenters. The van der Waals surface area contributed by atoms with Crippen molar-refractivity contribution in [2.24, 2.45) is 0 Å². The van der Waals surface area contributed by atoms with Crippen LogP contribution >= 0.6 is 27.7 Å². The maximum Gasteiger partial charge on any atom is 0.326 e. The quantitative estimate of drug-likeness (QED) is 0.685. The Morgan fingerprint density at radius 2 is 2.23 bits per heavy atom. The number of benzene rings is 1. The number of hydrogen-bond donors (Lipinski definition) is 3. The van der Waals surface area contributed by atoms with Gasteiger partial charge in [-0.3, -0.25) is 4.79 Å². The smallest absolute Gasteiger partial charge is 0.326 e. The Morgan fingerprint density at radius 3 is 2.91 bits per heavy atom. The number of aliphatic carboxylic acids is 1. The number of hydrogen-bond acceptors (Lipinski definition) is 3. The van der Waals surface area contributed by atoms with Crippen LogP contribution in [-0.4, -0.2) is 40.0 Å². The van der Waals surface area contributed by atoms with Gasteiger partial charge in [0, 0.05) is 40.2 Å². The SMILES string of the molecule is CSCCC(=O)NC(Cc1c[nH]c2cccc(Br)c12)C(=O)O. The zero-order valence-corrected chi connectivity index (χ0v) is 14.5. The zero-order chi connectivity index (χ0) is 16.1. The number of carbonyl (C=O) groups is 2. The van der Waals surface area contributed by atoms with E-state index >= 15 is 0 Å². The number of aromatic amines is 1. The van der Waals surface area contributed by atoms with Crippen LogP contribution in [0.1, 0.15) is 12.0 Å². The van der Waals surface area contributed by atoms with Crippen LogP contribution in [0.2, 0.25) is 0 Å². The van der Waals surface area contributed by atoms with Crippen molar-refractivity contribution in [2.45, 2.75) is 18.9 Å². The second-order valence-corrected chi connectivity index (χ2v) is 6.72. The molecule has 1 aromatic carbocycles. The van der Waals surface area contributed by atoms with Crippen LogP contribution in [0.5, 0.6) is 0 Å². The van der Waals surface area contributed by atoms with E-state index in [-0.39, 0.29) is 12.3 Å². The van der Waals surface area contributed by atoms with Crippen molar-refractivity contribution in [3.05, 3.63) is 34.4 Å². The lowest BCUT2D eigenvalue weighted by atomic mass is 10.0. The van der Waals surface area contributed by atoms with Crippen molar-refractivity contribution >= 4 is 50.5 Å². The minimum absolute atomic E-state index is 0.236. The first-order valence-electron chi connectivity index (χ1n) is 6.78. The molecule has 7 heteroatoms. The van der Waals surface area contributed by atoms with E-state index in [0.29, 0.717) is 12.2 Å². The molecular formula is C15H17BrN2O3S. The van der Waals surface area contributed by atoms with Gasteiger partial charge in [0.2, 0.25) is 5.91 Å². The lowest BCUT2D eigenvalue weighted by molar-refractivity contribution is -0.141. The molecule has 3 N–H and O–H groups in total. The van der Waals surface area contributed by atoms with E-state index in [9.17, 15) is 14.7 Å². The minimum atomic E-state index is -1.03. The number of thioether (sulfide) groups is 1. The van der Waals surface area contributed by atoms with E-state index in [1.54, 1.807) is 18.0 Å². The fraction of sp³-hybridized carbons (Fsp3) is 0.333. The molecular weight excluding hydrogens is 368 g/mol. The highest BCUT2D eigenvalue weighted by molar-refractivity contribution is 9.10. The van der Waals surface area contributed by atoms with Crippen molar-refractivity contribution in [2.75, 3.05) is 12.0 Å².